The molecule has 0 aliphatic carbocycles. The highest BCUT2D eigenvalue weighted by atomic mass is 79.9. The van der Waals surface area contributed by atoms with Crippen molar-refractivity contribution in [2.75, 3.05) is 5.32 Å². The van der Waals surface area contributed by atoms with E-state index in [2.05, 4.69) is 21.2 Å². The van der Waals surface area contributed by atoms with Crippen molar-refractivity contribution in [3.8, 4) is 0 Å². The zero-order valence-corrected chi connectivity index (χ0v) is 15.1. The largest absolute Gasteiger partial charge is 0.449 e. The molecule has 1 amide bonds. The van der Waals surface area contributed by atoms with E-state index in [1.807, 2.05) is 42.5 Å². The summed E-state index contributed by atoms with van der Waals surface area (Å²) < 4.78 is 6.20. The standard InChI is InChI=1S/C20H16BrNO3/c1-13(19(23)22-18-10-8-17(21)9-11-18)25-20(24)16-7-6-14-4-2-3-5-15(14)12-16/h2-13H,1H3,(H,22,23)/t13-/m0/s1. The van der Waals surface area contributed by atoms with Gasteiger partial charge in [-0.3, -0.25) is 4.79 Å². The molecule has 0 aromatic heterocycles. The summed E-state index contributed by atoms with van der Waals surface area (Å²) in [6.07, 6.45) is -0.900. The van der Waals surface area contributed by atoms with Gasteiger partial charge in [-0.05, 0) is 54.1 Å². The molecule has 0 saturated heterocycles. The first-order valence-electron chi connectivity index (χ1n) is 7.79. The van der Waals surface area contributed by atoms with Gasteiger partial charge in [-0.1, -0.05) is 46.3 Å². The number of esters is 1. The van der Waals surface area contributed by atoms with Crippen LogP contribution in [0.5, 0.6) is 0 Å². The third-order valence-corrected chi connectivity index (χ3v) is 4.28. The second kappa shape index (κ2) is 7.49. The molecule has 0 unspecified atom stereocenters. The minimum atomic E-state index is -0.900. The summed E-state index contributed by atoms with van der Waals surface area (Å²) in [5.74, 6) is -0.902. The van der Waals surface area contributed by atoms with Crippen LogP contribution in [0.2, 0.25) is 0 Å². The zero-order chi connectivity index (χ0) is 17.8. The SMILES string of the molecule is C[C@H](OC(=O)c1ccc2ccccc2c1)C(=O)Nc1ccc(Br)cc1. The summed E-state index contributed by atoms with van der Waals surface area (Å²) in [6, 6.07) is 20.2. The third-order valence-electron chi connectivity index (χ3n) is 3.75. The fraction of sp³-hybridized carbons (Fsp3) is 0.100. The van der Waals surface area contributed by atoms with Crippen LogP contribution < -0.4 is 5.32 Å². The number of carbonyl (C=O) groups is 2. The minimum absolute atomic E-state index is 0.378. The van der Waals surface area contributed by atoms with E-state index in [1.165, 1.54) is 0 Å². The van der Waals surface area contributed by atoms with Gasteiger partial charge in [0.2, 0.25) is 0 Å². The molecule has 0 saturated carbocycles. The first-order chi connectivity index (χ1) is 12.0. The van der Waals surface area contributed by atoms with Gasteiger partial charge in [0, 0.05) is 10.2 Å². The molecule has 3 rings (SSSR count). The summed E-state index contributed by atoms with van der Waals surface area (Å²) in [5, 5.41) is 4.71. The fourth-order valence-corrected chi connectivity index (χ4v) is 2.64. The lowest BCUT2D eigenvalue weighted by molar-refractivity contribution is -0.123. The number of hydrogen-bond donors (Lipinski definition) is 1. The van der Waals surface area contributed by atoms with Crippen molar-refractivity contribution in [1.82, 2.24) is 0 Å². The Labute approximate surface area is 153 Å². The molecule has 5 heteroatoms. The first kappa shape index (κ1) is 17.2. The van der Waals surface area contributed by atoms with Crippen LogP contribution in [0.1, 0.15) is 17.3 Å². The van der Waals surface area contributed by atoms with E-state index in [-0.39, 0.29) is 5.91 Å². The van der Waals surface area contributed by atoms with E-state index in [0.717, 1.165) is 15.2 Å². The summed E-state index contributed by atoms with van der Waals surface area (Å²) in [7, 11) is 0. The highest BCUT2D eigenvalue weighted by Crippen LogP contribution is 2.17. The lowest BCUT2D eigenvalue weighted by Gasteiger charge is -2.14. The summed E-state index contributed by atoms with van der Waals surface area (Å²) in [5.41, 5.74) is 1.06. The predicted octanol–water partition coefficient (Wildman–Crippen LogP) is 4.79. The number of halogens is 1. The Kier molecular flexibility index (Phi) is 5.14. The number of nitrogens with one attached hydrogen (secondary N) is 1. The number of hydrogen-bond acceptors (Lipinski definition) is 3. The molecule has 0 aliphatic heterocycles. The Morgan fingerprint density at radius 2 is 1.64 bits per heavy atom. The van der Waals surface area contributed by atoms with Crippen molar-refractivity contribution in [3.63, 3.8) is 0 Å². The minimum Gasteiger partial charge on any atom is -0.449 e. The van der Waals surface area contributed by atoms with Gasteiger partial charge in [0.1, 0.15) is 0 Å². The van der Waals surface area contributed by atoms with Crippen LogP contribution in [0.4, 0.5) is 5.69 Å². The number of carbonyl (C=O) groups excluding carboxylic acids is 2. The molecule has 25 heavy (non-hydrogen) atoms. The van der Waals surface area contributed by atoms with Gasteiger partial charge < -0.3 is 10.1 Å². The maximum atomic E-state index is 12.3. The van der Waals surface area contributed by atoms with Gasteiger partial charge in [0.15, 0.2) is 6.10 Å². The van der Waals surface area contributed by atoms with Gasteiger partial charge in [-0.2, -0.15) is 0 Å². The van der Waals surface area contributed by atoms with Crippen molar-refractivity contribution in [2.45, 2.75) is 13.0 Å². The number of rotatable bonds is 4. The second-order valence-electron chi connectivity index (χ2n) is 5.61. The van der Waals surface area contributed by atoms with Crippen LogP contribution in [-0.4, -0.2) is 18.0 Å². The second-order valence-corrected chi connectivity index (χ2v) is 6.52. The number of ether oxygens (including phenoxy) is 1. The predicted molar refractivity (Wildman–Crippen MR) is 102 cm³/mol. The van der Waals surface area contributed by atoms with Crippen molar-refractivity contribution in [2.24, 2.45) is 0 Å². The number of amides is 1. The van der Waals surface area contributed by atoms with Crippen LogP contribution in [0.25, 0.3) is 10.8 Å². The summed E-state index contributed by atoms with van der Waals surface area (Å²) in [4.78, 5) is 24.5. The molecule has 0 radical (unpaired) electrons. The Balaban J connectivity index is 1.66. The Hall–Kier alpha value is -2.66. The molecule has 3 aromatic rings. The van der Waals surface area contributed by atoms with Crippen molar-refractivity contribution < 1.29 is 14.3 Å². The highest BCUT2D eigenvalue weighted by molar-refractivity contribution is 9.10. The van der Waals surface area contributed by atoms with Gasteiger partial charge in [0.05, 0.1) is 5.56 Å². The van der Waals surface area contributed by atoms with Crippen LogP contribution in [0.3, 0.4) is 0 Å². The van der Waals surface area contributed by atoms with Gasteiger partial charge in [-0.25, -0.2) is 4.79 Å². The number of anilines is 1. The Morgan fingerprint density at radius 3 is 2.36 bits per heavy atom. The van der Waals surface area contributed by atoms with E-state index in [4.69, 9.17) is 4.74 Å². The van der Waals surface area contributed by atoms with E-state index in [0.29, 0.717) is 11.3 Å². The zero-order valence-electron chi connectivity index (χ0n) is 13.5. The molecule has 0 heterocycles. The van der Waals surface area contributed by atoms with Crippen molar-refractivity contribution in [3.05, 3.63) is 76.8 Å². The average molecular weight is 398 g/mol. The fourth-order valence-electron chi connectivity index (χ4n) is 2.38. The van der Waals surface area contributed by atoms with E-state index < -0.39 is 12.1 Å². The molecule has 0 spiro atoms. The number of benzene rings is 3. The molecule has 1 atom stereocenters. The molecular weight excluding hydrogens is 382 g/mol. The lowest BCUT2D eigenvalue weighted by atomic mass is 10.1. The topological polar surface area (TPSA) is 55.4 Å². The van der Waals surface area contributed by atoms with Crippen LogP contribution in [0.15, 0.2) is 71.2 Å². The molecule has 1 N–H and O–H groups in total. The Bertz CT molecular complexity index is 922. The molecule has 126 valence electrons. The molecule has 0 aliphatic rings. The van der Waals surface area contributed by atoms with Crippen LogP contribution in [-0.2, 0) is 9.53 Å². The third kappa shape index (κ3) is 4.25. The van der Waals surface area contributed by atoms with E-state index in [9.17, 15) is 9.59 Å². The van der Waals surface area contributed by atoms with E-state index in [1.54, 1.807) is 31.2 Å². The molecule has 0 bridgehead atoms. The van der Waals surface area contributed by atoms with Crippen molar-refractivity contribution >= 4 is 44.3 Å². The first-order valence-corrected chi connectivity index (χ1v) is 8.58. The smallest absolute Gasteiger partial charge is 0.338 e. The quantitative estimate of drug-likeness (QED) is 0.644. The number of fused-ring (bicyclic) bond motifs is 1. The van der Waals surface area contributed by atoms with Gasteiger partial charge in [0.25, 0.3) is 5.91 Å². The van der Waals surface area contributed by atoms with Gasteiger partial charge in [-0.15, -0.1) is 0 Å². The average Bonchev–Trinajstić information content (AvgIpc) is 2.63. The monoisotopic (exact) mass is 397 g/mol. The van der Waals surface area contributed by atoms with Crippen LogP contribution >= 0.6 is 15.9 Å². The maximum Gasteiger partial charge on any atom is 0.338 e. The lowest BCUT2D eigenvalue weighted by Crippen LogP contribution is -2.30. The Morgan fingerprint density at radius 1 is 0.960 bits per heavy atom. The molecule has 0 fully saturated rings. The maximum absolute atomic E-state index is 12.3. The van der Waals surface area contributed by atoms with Gasteiger partial charge >= 0.3 is 5.97 Å². The highest BCUT2D eigenvalue weighted by Gasteiger charge is 2.19. The summed E-state index contributed by atoms with van der Waals surface area (Å²) >= 11 is 3.33. The van der Waals surface area contributed by atoms with E-state index >= 15 is 0 Å². The molecule has 4 nitrogen and oxygen atoms in total. The normalized spacial score (nSPS) is 11.8. The summed E-state index contributed by atoms with van der Waals surface area (Å²) in [6.45, 7) is 1.55. The molecule has 3 aromatic carbocycles. The van der Waals surface area contributed by atoms with Crippen LogP contribution in [0, 0.1) is 0 Å². The van der Waals surface area contributed by atoms with Crippen molar-refractivity contribution in [1.29, 1.82) is 0 Å². The molecular formula is C20H16BrNO3.